The summed E-state index contributed by atoms with van der Waals surface area (Å²) in [5.74, 6) is -0.182. The molecule has 0 radical (unpaired) electrons. The van der Waals surface area contributed by atoms with Crippen molar-refractivity contribution in [2.75, 3.05) is 18.5 Å². The van der Waals surface area contributed by atoms with Crippen LogP contribution in [0.1, 0.15) is 38.6 Å². The van der Waals surface area contributed by atoms with E-state index in [2.05, 4.69) is 15.3 Å². The zero-order chi connectivity index (χ0) is 15.4. The van der Waals surface area contributed by atoms with Gasteiger partial charge in [0.25, 0.3) is 0 Å². The van der Waals surface area contributed by atoms with Crippen LogP contribution in [0.4, 0.5) is 5.82 Å². The molecule has 0 aliphatic carbocycles. The number of carboxylic acid groups (broad SMARTS) is 1. The molecular formula is C14H20ClN3O3. The zero-order valence-corrected chi connectivity index (χ0v) is 12.9. The second-order valence-corrected chi connectivity index (χ2v) is 5.89. The van der Waals surface area contributed by atoms with Crippen LogP contribution in [-0.2, 0) is 9.53 Å². The monoisotopic (exact) mass is 313 g/mol. The number of hydrogen-bond acceptors (Lipinski definition) is 5. The molecule has 0 spiro atoms. The summed E-state index contributed by atoms with van der Waals surface area (Å²) in [6.07, 6.45) is 1.74. The third-order valence-electron chi connectivity index (χ3n) is 3.55. The Morgan fingerprint density at radius 2 is 2.33 bits per heavy atom. The lowest BCUT2D eigenvalue weighted by atomic mass is 9.96. The summed E-state index contributed by atoms with van der Waals surface area (Å²) in [5.41, 5.74) is 0. The van der Waals surface area contributed by atoms with Gasteiger partial charge in [-0.25, -0.2) is 9.97 Å². The van der Waals surface area contributed by atoms with Gasteiger partial charge in [-0.1, -0.05) is 25.4 Å². The summed E-state index contributed by atoms with van der Waals surface area (Å²) >= 11 is 6.01. The van der Waals surface area contributed by atoms with E-state index in [1.165, 1.54) is 0 Å². The van der Waals surface area contributed by atoms with Gasteiger partial charge in [0.05, 0.1) is 5.92 Å². The number of nitrogens with one attached hydrogen (secondary N) is 1. The molecule has 1 aliphatic rings. The molecule has 21 heavy (non-hydrogen) atoms. The van der Waals surface area contributed by atoms with Crippen LogP contribution in [0.2, 0.25) is 5.15 Å². The maximum absolute atomic E-state index is 11.2. The van der Waals surface area contributed by atoms with Gasteiger partial charge >= 0.3 is 5.97 Å². The van der Waals surface area contributed by atoms with E-state index in [9.17, 15) is 9.90 Å². The molecule has 2 rings (SSSR count). The zero-order valence-electron chi connectivity index (χ0n) is 12.2. The van der Waals surface area contributed by atoms with E-state index < -0.39 is 11.9 Å². The average molecular weight is 314 g/mol. The molecule has 0 amide bonds. The first kappa shape index (κ1) is 16.0. The van der Waals surface area contributed by atoms with Crippen molar-refractivity contribution < 1.29 is 14.6 Å². The number of nitrogens with zero attached hydrogens (tertiary/aromatic N) is 2. The van der Waals surface area contributed by atoms with E-state index in [0.717, 1.165) is 12.8 Å². The topological polar surface area (TPSA) is 84.3 Å². The summed E-state index contributed by atoms with van der Waals surface area (Å²) in [7, 11) is 0. The molecule has 2 heterocycles. The molecule has 2 N–H and O–H groups in total. The fraction of sp³-hybridized carbons (Fsp3) is 0.643. The van der Waals surface area contributed by atoms with Crippen LogP contribution in [0.3, 0.4) is 0 Å². The third kappa shape index (κ3) is 4.28. The minimum atomic E-state index is -0.822. The highest BCUT2D eigenvalue weighted by Gasteiger charge is 2.23. The van der Waals surface area contributed by atoms with Gasteiger partial charge in [-0.3, -0.25) is 4.79 Å². The van der Waals surface area contributed by atoms with Crippen LogP contribution < -0.4 is 5.32 Å². The lowest BCUT2D eigenvalue weighted by molar-refractivity contribution is -0.142. The molecule has 0 saturated carbocycles. The van der Waals surface area contributed by atoms with Gasteiger partial charge in [0.2, 0.25) is 0 Å². The molecule has 0 aromatic carbocycles. The Balaban J connectivity index is 2.07. The van der Waals surface area contributed by atoms with E-state index in [0.29, 0.717) is 29.9 Å². The number of aromatic nitrogens is 2. The van der Waals surface area contributed by atoms with E-state index in [1.807, 2.05) is 13.8 Å². The van der Waals surface area contributed by atoms with Crippen LogP contribution in [0.5, 0.6) is 0 Å². The van der Waals surface area contributed by atoms with E-state index in [4.69, 9.17) is 16.3 Å². The lowest BCUT2D eigenvalue weighted by Crippen LogP contribution is -2.28. The number of rotatable bonds is 6. The van der Waals surface area contributed by atoms with Gasteiger partial charge < -0.3 is 15.2 Å². The van der Waals surface area contributed by atoms with Crippen LogP contribution in [0.25, 0.3) is 0 Å². The van der Waals surface area contributed by atoms with E-state index in [1.54, 1.807) is 6.07 Å². The Kier molecular flexibility index (Phi) is 5.36. The molecule has 7 heteroatoms. The van der Waals surface area contributed by atoms with Gasteiger partial charge in [0.1, 0.15) is 17.1 Å². The number of aliphatic carboxylic acids is 1. The molecule has 1 aliphatic heterocycles. The van der Waals surface area contributed by atoms with Crippen molar-refractivity contribution in [1.82, 2.24) is 9.97 Å². The normalized spacial score (nSPS) is 19.7. The van der Waals surface area contributed by atoms with E-state index in [-0.39, 0.29) is 12.0 Å². The third-order valence-corrected chi connectivity index (χ3v) is 3.75. The average Bonchev–Trinajstić information content (AvgIpc) is 2.91. The van der Waals surface area contributed by atoms with Crippen molar-refractivity contribution in [3.63, 3.8) is 0 Å². The first-order chi connectivity index (χ1) is 9.97. The Morgan fingerprint density at radius 3 is 2.90 bits per heavy atom. The van der Waals surface area contributed by atoms with Crippen molar-refractivity contribution in [2.45, 2.75) is 32.8 Å². The van der Waals surface area contributed by atoms with Crippen LogP contribution >= 0.6 is 11.6 Å². The maximum Gasteiger partial charge on any atom is 0.308 e. The van der Waals surface area contributed by atoms with Gasteiger partial charge in [0, 0.05) is 19.2 Å². The largest absolute Gasteiger partial charge is 0.481 e. The lowest BCUT2D eigenvalue weighted by Gasteiger charge is -2.17. The minimum Gasteiger partial charge on any atom is -0.481 e. The molecule has 2 unspecified atom stereocenters. The second-order valence-electron chi connectivity index (χ2n) is 5.51. The van der Waals surface area contributed by atoms with Gasteiger partial charge in [-0.15, -0.1) is 0 Å². The molecule has 2 atom stereocenters. The van der Waals surface area contributed by atoms with Gasteiger partial charge in [-0.05, 0) is 18.8 Å². The standard InChI is InChI=1S/C14H20ClN3O3/c1-8(2)9(14(19)20)7-16-12-6-11(15)17-13(18-12)10-4-3-5-21-10/h6,8-10H,3-5,7H2,1-2H3,(H,19,20)(H,16,17,18). The molecule has 1 aromatic heterocycles. The fourth-order valence-corrected chi connectivity index (χ4v) is 2.46. The highest BCUT2D eigenvalue weighted by atomic mass is 35.5. The first-order valence-corrected chi connectivity index (χ1v) is 7.48. The van der Waals surface area contributed by atoms with Gasteiger partial charge in [0.15, 0.2) is 5.82 Å². The number of anilines is 1. The smallest absolute Gasteiger partial charge is 0.308 e. The molecule has 1 aromatic rings. The predicted molar refractivity (Wildman–Crippen MR) is 79.4 cm³/mol. The molecule has 1 saturated heterocycles. The fourth-order valence-electron chi connectivity index (χ4n) is 2.27. The summed E-state index contributed by atoms with van der Waals surface area (Å²) in [4.78, 5) is 19.8. The summed E-state index contributed by atoms with van der Waals surface area (Å²) in [5, 5.41) is 12.6. The Labute approximate surface area is 128 Å². The van der Waals surface area contributed by atoms with Crippen molar-refractivity contribution in [1.29, 1.82) is 0 Å². The van der Waals surface area contributed by atoms with Crippen molar-refractivity contribution in [3.8, 4) is 0 Å². The number of carboxylic acids is 1. The number of halogens is 1. The molecule has 6 nitrogen and oxygen atoms in total. The van der Waals surface area contributed by atoms with Crippen molar-refractivity contribution >= 4 is 23.4 Å². The number of ether oxygens (including phenoxy) is 1. The Morgan fingerprint density at radius 1 is 1.57 bits per heavy atom. The van der Waals surface area contributed by atoms with Crippen LogP contribution in [0.15, 0.2) is 6.07 Å². The molecule has 0 bridgehead atoms. The molecular weight excluding hydrogens is 294 g/mol. The molecule has 116 valence electrons. The Hall–Kier alpha value is -1.40. The SMILES string of the molecule is CC(C)C(CNc1cc(Cl)nc(C2CCCO2)n1)C(=O)O. The van der Waals surface area contributed by atoms with Crippen molar-refractivity contribution in [3.05, 3.63) is 17.0 Å². The van der Waals surface area contributed by atoms with Gasteiger partial charge in [-0.2, -0.15) is 0 Å². The van der Waals surface area contributed by atoms with Crippen LogP contribution in [0, 0.1) is 11.8 Å². The highest BCUT2D eigenvalue weighted by Crippen LogP contribution is 2.27. The highest BCUT2D eigenvalue weighted by molar-refractivity contribution is 6.29. The summed E-state index contributed by atoms with van der Waals surface area (Å²) in [6.45, 7) is 4.76. The second kappa shape index (κ2) is 7.04. The summed E-state index contributed by atoms with van der Waals surface area (Å²) in [6, 6.07) is 1.60. The molecule has 1 fully saturated rings. The Bertz CT molecular complexity index is 504. The quantitative estimate of drug-likeness (QED) is 0.786. The number of carbonyl (C=O) groups is 1. The van der Waals surface area contributed by atoms with E-state index >= 15 is 0 Å². The van der Waals surface area contributed by atoms with Crippen molar-refractivity contribution in [2.24, 2.45) is 11.8 Å². The predicted octanol–water partition coefficient (Wildman–Crippen LogP) is 2.75. The minimum absolute atomic E-state index is 0.0324. The number of hydrogen-bond donors (Lipinski definition) is 2. The maximum atomic E-state index is 11.2. The summed E-state index contributed by atoms with van der Waals surface area (Å²) < 4.78 is 5.55. The van der Waals surface area contributed by atoms with Crippen LogP contribution in [-0.4, -0.2) is 34.2 Å². The first-order valence-electron chi connectivity index (χ1n) is 7.10.